The van der Waals surface area contributed by atoms with E-state index in [0.29, 0.717) is 21.6 Å². The Kier molecular flexibility index (Phi) is 5.01. The molecule has 2 aromatic heterocycles. The van der Waals surface area contributed by atoms with Crippen LogP contribution < -0.4 is 10.1 Å². The van der Waals surface area contributed by atoms with Crippen LogP contribution in [0.3, 0.4) is 0 Å². The van der Waals surface area contributed by atoms with Crippen molar-refractivity contribution >= 4 is 39.2 Å². The smallest absolute Gasteiger partial charge is 0.345 e. The summed E-state index contributed by atoms with van der Waals surface area (Å²) in [6.45, 7) is 2.05. The molecule has 0 radical (unpaired) electrons. The number of ether oxygens (including phenoxy) is 1. The molecule has 9 heteroatoms. The van der Waals surface area contributed by atoms with Gasteiger partial charge in [0.1, 0.15) is 21.6 Å². The maximum atomic E-state index is 12.5. The van der Waals surface area contributed by atoms with Crippen LogP contribution in [0.15, 0.2) is 30.3 Å². The molecule has 0 bridgehead atoms. The van der Waals surface area contributed by atoms with Gasteiger partial charge in [0.05, 0.1) is 5.39 Å². The minimum atomic E-state index is -1.01. The van der Waals surface area contributed by atoms with Gasteiger partial charge in [-0.3, -0.25) is 9.89 Å². The molecule has 3 heterocycles. The van der Waals surface area contributed by atoms with Gasteiger partial charge in [0.15, 0.2) is 5.82 Å². The van der Waals surface area contributed by atoms with Crippen molar-refractivity contribution in [1.82, 2.24) is 15.1 Å². The summed E-state index contributed by atoms with van der Waals surface area (Å²) in [4.78, 5) is 26.7. The van der Waals surface area contributed by atoms with Gasteiger partial charge in [-0.2, -0.15) is 5.10 Å². The number of likely N-dealkylation sites (tertiary alicyclic amines) is 1. The summed E-state index contributed by atoms with van der Waals surface area (Å²) in [6.07, 6.45) is 2.19. The van der Waals surface area contributed by atoms with Gasteiger partial charge < -0.3 is 20.1 Å². The molecule has 0 spiro atoms. The summed E-state index contributed by atoms with van der Waals surface area (Å²) >= 11 is 1.08. The van der Waals surface area contributed by atoms with Gasteiger partial charge in [-0.25, -0.2) is 4.79 Å². The lowest BCUT2D eigenvalue weighted by molar-refractivity contribution is 0.0702. The zero-order valence-electron chi connectivity index (χ0n) is 15.3. The van der Waals surface area contributed by atoms with Crippen LogP contribution in [0.1, 0.15) is 32.9 Å². The molecule has 3 aromatic rings. The molecular weight excluding hydrogens is 380 g/mol. The van der Waals surface area contributed by atoms with E-state index < -0.39 is 5.97 Å². The average Bonchev–Trinajstić information content (AvgIpc) is 3.26. The first kappa shape index (κ1) is 18.5. The number of hydrogen-bond acceptors (Lipinski definition) is 6. The number of rotatable bonds is 5. The first-order valence-electron chi connectivity index (χ1n) is 8.97. The second-order valence-corrected chi connectivity index (χ2v) is 7.88. The predicted molar refractivity (Wildman–Crippen MR) is 106 cm³/mol. The first-order chi connectivity index (χ1) is 13.5. The number of fused-ring (bicyclic) bond motifs is 1. The zero-order chi connectivity index (χ0) is 19.7. The maximum absolute atomic E-state index is 12.5. The molecule has 1 saturated heterocycles. The quantitative estimate of drug-likeness (QED) is 0.608. The van der Waals surface area contributed by atoms with Crippen molar-refractivity contribution in [2.45, 2.75) is 18.9 Å². The Morgan fingerprint density at radius 3 is 2.68 bits per heavy atom. The van der Waals surface area contributed by atoms with Crippen LogP contribution in [0.25, 0.3) is 10.2 Å². The third-order valence-electron chi connectivity index (χ3n) is 4.78. The van der Waals surface area contributed by atoms with Crippen molar-refractivity contribution in [3.8, 4) is 5.75 Å². The van der Waals surface area contributed by atoms with Gasteiger partial charge in [-0.05, 0) is 50.2 Å². The van der Waals surface area contributed by atoms with E-state index in [0.717, 1.165) is 43.0 Å². The second-order valence-electron chi connectivity index (χ2n) is 6.83. The van der Waals surface area contributed by atoms with Crippen LogP contribution in [0.5, 0.6) is 5.75 Å². The van der Waals surface area contributed by atoms with E-state index in [2.05, 4.69) is 27.5 Å². The van der Waals surface area contributed by atoms with E-state index in [9.17, 15) is 9.59 Å². The lowest BCUT2D eigenvalue weighted by Gasteiger charge is -2.29. The number of piperidine rings is 1. The third-order valence-corrected chi connectivity index (χ3v) is 5.81. The van der Waals surface area contributed by atoms with Gasteiger partial charge in [-0.15, -0.1) is 11.3 Å². The third kappa shape index (κ3) is 3.85. The number of hydrogen-bond donors (Lipinski definition) is 3. The van der Waals surface area contributed by atoms with E-state index in [1.165, 1.54) is 6.07 Å². The molecule has 0 unspecified atom stereocenters. The fourth-order valence-electron chi connectivity index (χ4n) is 3.18. The molecule has 1 amide bonds. The van der Waals surface area contributed by atoms with Crippen LogP contribution in [-0.4, -0.2) is 58.3 Å². The second kappa shape index (κ2) is 7.61. The highest BCUT2D eigenvalue weighted by Crippen LogP contribution is 2.29. The Hall–Kier alpha value is -2.91. The first-order valence-corrected chi connectivity index (χ1v) is 9.79. The number of carbonyl (C=O) groups is 2. The van der Waals surface area contributed by atoms with Gasteiger partial charge in [0.25, 0.3) is 5.91 Å². The summed E-state index contributed by atoms with van der Waals surface area (Å²) in [5.74, 6) is -0.262. The normalized spacial score (nSPS) is 15.6. The number of amides is 1. The number of carbonyl (C=O) groups excluding carboxylic acids is 1. The van der Waals surface area contributed by atoms with E-state index in [-0.39, 0.29) is 16.9 Å². The Labute approximate surface area is 165 Å². The molecule has 3 N–H and O–H groups in total. The fraction of sp³-hybridized carbons (Fsp3) is 0.316. The summed E-state index contributed by atoms with van der Waals surface area (Å²) in [5.41, 5.74) is 0.473. The number of nitrogens with one attached hydrogen (secondary N) is 2. The van der Waals surface area contributed by atoms with Crippen LogP contribution in [-0.2, 0) is 0 Å². The molecule has 0 atom stereocenters. The van der Waals surface area contributed by atoms with Crippen LogP contribution in [0.4, 0.5) is 5.82 Å². The Balaban J connectivity index is 1.41. The van der Waals surface area contributed by atoms with Gasteiger partial charge in [-0.1, -0.05) is 0 Å². The van der Waals surface area contributed by atoms with Gasteiger partial charge in [0.2, 0.25) is 0 Å². The number of aromatic nitrogens is 2. The van der Waals surface area contributed by atoms with Crippen molar-refractivity contribution in [2.24, 2.45) is 0 Å². The molecule has 28 heavy (non-hydrogen) atoms. The molecule has 4 rings (SSSR count). The molecule has 0 saturated carbocycles. The van der Waals surface area contributed by atoms with Crippen LogP contribution in [0.2, 0.25) is 0 Å². The Morgan fingerprint density at radius 1 is 1.29 bits per heavy atom. The van der Waals surface area contributed by atoms with Gasteiger partial charge in [0, 0.05) is 18.7 Å². The number of benzene rings is 1. The number of H-pyrrole nitrogens is 1. The largest absolute Gasteiger partial charge is 0.490 e. The summed E-state index contributed by atoms with van der Waals surface area (Å²) in [7, 11) is 2.11. The summed E-state index contributed by atoms with van der Waals surface area (Å²) in [5, 5.41) is 19.2. The standard InChI is InChI=1S/C19H20N4O4S/c1-23-8-6-13(7-9-23)27-12-4-2-11(3-5-12)17(24)20-16-14-10-15(19(25)26)28-18(14)22-21-16/h2-5,10,13H,6-9H2,1H3,(H,25,26)(H2,20,21,22,24). The van der Waals surface area contributed by atoms with Crippen molar-refractivity contribution in [1.29, 1.82) is 0 Å². The maximum Gasteiger partial charge on any atom is 0.345 e. The highest BCUT2D eigenvalue weighted by molar-refractivity contribution is 7.20. The van der Waals surface area contributed by atoms with Crippen molar-refractivity contribution in [3.63, 3.8) is 0 Å². The lowest BCUT2D eigenvalue weighted by Crippen LogP contribution is -2.35. The van der Waals surface area contributed by atoms with Crippen molar-refractivity contribution in [3.05, 3.63) is 40.8 Å². The molecule has 0 aliphatic carbocycles. The lowest BCUT2D eigenvalue weighted by atomic mass is 10.1. The number of carboxylic acids is 1. The monoisotopic (exact) mass is 400 g/mol. The minimum Gasteiger partial charge on any atom is -0.490 e. The van der Waals surface area contributed by atoms with Crippen molar-refractivity contribution in [2.75, 3.05) is 25.5 Å². The molecule has 8 nitrogen and oxygen atoms in total. The van der Waals surface area contributed by atoms with Crippen LogP contribution in [0, 0.1) is 0 Å². The number of carboxylic acid groups (broad SMARTS) is 1. The van der Waals surface area contributed by atoms with E-state index in [1.807, 2.05) is 0 Å². The summed E-state index contributed by atoms with van der Waals surface area (Å²) < 4.78 is 6.00. The molecular formula is C19H20N4O4S. The molecule has 1 fully saturated rings. The SMILES string of the molecule is CN1CCC(Oc2ccc(C(=O)Nc3n[nH]c4sc(C(=O)O)cc34)cc2)CC1. The minimum absolute atomic E-state index is 0.189. The number of anilines is 1. The van der Waals surface area contributed by atoms with Gasteiger partial charge >= 0.3 is 5.97 Å². The van der Waals surface area contributed by atoms with Crippen LogP contribution >= 0.6 is 11.3 Å². The average molecular weight is 400 g/mol. The molecule has 1 aliphatic rings. The predicted octanol–water partition coefficient (Wildman–Crippen LogP) is 3.05. The van der Waals surface area contributed by atoms with E-state index in [4.69, 9.17) is 9.84 Å². The highest BCUT2D eigenvalue weighted by atomic mass is 32.1. The zero-order valence-corrected chi connectivity index (χ0v) is 16.1. The fourth-order valence-corrected chi connectivity index (χ4v) is 4.02. The topological polar surface area (TPSA) is 108 Å². The van der Waals surface area contributed by atoms with E-state index >= 15 is 0 Å². The number of aromatic carboxylic acids is 1. The molecule has 1 aromatic carbocycles. The molecule has 1 aliphatic heterocycles. The Bertz CT molecular complexity index is 1000. The number of aromatic amines is 1. The summed E-state index contributed by atoms with van der Waals surface area (Å²) in [6, 6.07) is 8.50. The Morgan fingerprint density at radius 2 is 2.00 bits per heavy atom. The molecule has 146 valence electrons. The van der Waals surface area contributed by atoms with E-state index in [1.54, 1.807) is 24.3 Å². The highest BCUT2D eigenvalue weighted by Gasteiger charge is 2.19. The van der Waals surface area contributed by atoms with Crippen molar-refractivity contribution < 1.29 is 19.4 Å². The number of thiophene rings is 1. The number of nitrogens with zero attached hydrogens (tertiary/aromatic N) is 2.